The maximum Gasteiger partial charge on any atom is 0.215 e. The first-order valence-electron chi connectivity index (χ1n) is 5.57. The molecule has 1 atom stereocenters. The number of aliphatic hydroxyl groups is 1. The number of hydrogen-bond donors (Lipinski definition) is 1. The molecule has 3 nitrogen and oxygen atoms in total. The minimum Gasteiger partial charge on any atom is -0.362 e. The van der Waals surface area contributed by atoms with Crippen LogP contribution < -0.4 is 0 Å². The van der Waals surface area contributed by atoms with Crippen LogP contribution in [0.2, 0.25) is 0 Å². The molecule has 0 fully saturated rings. The third-order valence-corrected chi connectivity index (χ3v) is 2.41. The Labute approximate surface area is 96.1 Å². The van der Waals surface area contributed by atoms with E-state index in [4.69, 9.17) is 4.74 Å². The van der Waals surface area contributed by atoms with Crippen molar-refractivity contribution in [2.75, 3.05) is 6.61 Å². The van der Waals surface area contributed by atoms with Gasteiger partial charge < -0.3 is 9.84 Å². The van der Waals surface area contributed by atoms with Gasteiger partial charge in [0.25, 0.3) is 0 Å². The molecule has 0 aliphatic heterocycles. The summed E-state index contributed by atoms with van der Waals surface area (Å²) in [7, 11) is 0. The first-order valence-corrected chi connectivity index (χ1v) is 5.57. The van der Waals surface area contributed by atoms with Crippen LogP contribution in [-0.4, -0.2) is 23.8 Å². The molecule has 0 saturated carbocycles. The molecule has 1 aromatic carbocycles. The third kappa shape index (κ3) is 3.76. The summed E-state index contributed by atoms with van der Waals surface area (Å²) in [4.78, 5) is 11.5. The van der Waals surface area contributed by atoms with Crippen molar-refractivity contribution in [3.8, 4) is 0 Å². The van der Waals surface area contributed by atoms with E-state index in [0.29, 0.717) is 6.61 Å². The molecular weight excluding hydrogens is 204 g/mol. The van der Waals surface area contributed by atoms with Crippen molar-refractivity contribution in [3.05, 3.63) is 35.4 Å². The van der Waals surface area contributed by atoms with E-state index in [2.05, 4.69) is 6.92 Å². The van der Waals surface area contributed by atoms with Crippen molar-refractivity contribution in [2.24, 2.45) is 0 Å². The van der Waals surface area contributed by atoms with Crippen molar-refractivity contribution in [1.29, 1.82) is 0 Å². The Balaban J connectivity index is 2.55. The third-order valence-electron chi connectivity index (χ3n) is 2.41. The van der Waals surface area contributed by atoms with E-state index in [9.17, 15) is 9.90 Å². The second kappa shape index (κ2) is 6.40. The Morgan fingerprint density at radius 2 is 1.81 bits per heavy atom. The highest BCUT2D eigenvalue weighted by atomic mass is 16.6. The second-order valence-corrected chi connectivity index (χ2v) is 3.62. The number of aliphatic hydroxyl groups excluding tert-OH is 1. The fraction of sp³-hybridized carbons (Fsp3) is 0.462. The minimum absolute atomic E-state index is 0.213. The lowest BCUT2D eigenvalue weighted by Crippen LogP contribution is -2.25. The van der Waals surface area contributed by atoms with Gasteiger partial charge in [-0.1, -0.05) is 31.2 Å². The Hall–Kier alpha value is -1.19. The van der Waals surface area contributed by atoms with Crippen LogP contribution in [0.1, 0.15) is 25.0 Å². The molecule has 0 aromatic heterocycles. The summed E-state index contributed by atoms with van der Waals surface area (Å²) in [6.45, 7) is 4.16. The summed E-state index contributed by atoms with van der Waals surface area (Å²) in [5.41, 5.74) is 2.14. The van der Waals surface area contributed by atoms with Gasteiger partial charge in [-0.05, 0) is 24.5 Å². The molecule has 0 radical (unpaired) electrons. The van der Waals surface area contributed by atoms with Gasteiger partial charge in [0.05, 0.1) is 0 Å². The van der Waals surface area contributed by atoms with Crippen LogP contribution in [0.15, 0.2) is 24.3 Å². The molecule has 1 unspecified atom stereocenters. The van der Waals surface area contributed by atoms with E-state index in [1.54, 1.807) is 6.92 Å². The van der Waals surface area contributed by atoms with E-state index in [1.807, 2.05) is 24.3 Å². The molecule has 0 amide bonds. The zero-order valence-corrected chi connectivity index (χ0v) is 9.77. The average molecular weight is 222 g/mol. The van der Waals surface area contributed by atoms with Gasteiger partial charge in [-0.15, -0.1) is 0 Å². The van der Waals surface area contributed by atoms with Crippen LogP contribution >= 0.6 is 0 Å². The predicted octanol–water partition coefficient (Wildman–Crippen LogP) is 1.72. The van der Waals surface area contributed by atoms with Crippen LogP contribution in [0, 0.1) is 0 Å². The monoisotopic (exact) mass is 222 g/mol. The first kappa shape index (κ1) is 12.9. The smallest absolute Gasteiger partial charge is 0.215 e. The lowest BCUT2D eigenvalue weighted by atomic mass is 10.1. The highest BCUT2D eigenvalue weighted by Gasteiger charge is 2.14. The van der Waals surface area contributed by atoms with Gasteiger partial charge in [-0.3, -0.25) is 4.79 Å². The average Bonchev–Trinajstić information content (AvgIpc) is 2.30. The van der Waals surface area contributed by atoms with E-state index in [1.165, 1.54) is 5.56 Å². The summed E-state index contributed by atoms with van der Waals surface area (Å²) in [6, 6.07) is 7.82. The Bertz CT molecular complexity index is 330. The largest absolute Gasteiger partial charge is 0.362 e. The van der Waals surface area contributed by atoms with Gasteiger partial charge in [0.15, 0.2) is 5.78 Å². The van der Waals surface area contributed by atoms with Gasteiger partial charge in [0, 0.05) is 13.0 Å². The number of carbonyl (C=O) groups is 1. The molecule has 0 heterocycles. The summed E-state index contributed by atoms with van der Waals surface area (Å²) in [5.74, 6) is -0.300. The van der Waals surface area contributed by atoms with Crippen molar-refractivity contribution in [3.63, 3.8) is 0 Å². The standard InChI is InChI=1S/C13H18O3/c1-3-10-5-7-11(8-6-10)9-12(14)13(15)16-4-2/h5-8,13,15H,3-4,9H2,1-2H3. The maximum atomic E-state index is 11.5. The van der Waals surface area contributed by atoms with Crippen molar-refractivity contribution < 1.29 is 14.6 Å². The first-order chi connectivity index (χ1) is 7.67. The molecule has 0 bridgehead atoms. The molecule has 16 heavy (non-hydrogen) atoms. The number of Topliss-reactive ketones (excluding diaryl/α,β-unsaturated/α-hetero) is 1. The number of benzene rings is 1. The molecule has 3 heteroatoms. The van der Waals surface area contributed by atoms with Gasteiger partial charge in [0.2, 0.25) is 6.29 Å². The summed E-state index contributed by atoms with van der Waals surface area (Å²) < 4.78 is 4.83. The summed E-state index contributed by atoms with van der Waals surface area (Å²) in [6.07, 6.45) is -0.100. The second-order valence-electron chi connectivity index (χ2n) is 3.62. The van der Waals surface area contributed by atoms with Crippen LogP contribution in [0.5, 0.6) is 0 Å². The van der Waals surface area contributed by atoms with Gasteiger partial charge in [-0.25, -0.2) is 0 Å². The SMILES string of the molecule is CCOC(O)C(=O)Cc1ccc(CC)cc1. The molecule has 0 spiro atoms. The zero-order chi connectivity index (χ0) is 12.0. The predicted molar refractivity (Wildman–Crippen MR) is 62.2 cm³/mol. The topological polar surface area (TPSA) is 46.5 Å². The zero-order valence-electron chi connectivity index (χ0n) is 9.77. The number of ether oxygens (including phenoxy) is 1. The Morgan fingerprint density at radius 1 is 1.25 bits per heavy atom. The maximum absolute atomic E-state index is 11.5. The Kier molecular flexibility index (Phi) is 5.15. The molecule has 1 rings (SSSR count). The molecular formula is C13H18O3. The van der Waals surface area contributed by atoms with E-state index in [-0.39, 0.29) is 12.2 Å². The quantitative estimate of drug-likeness (QED) is 0.745. The molecule has 88 valence electrons. The van der Waals surface area contributed by atoms with Gasteiger partial charge in [-0.2, -0.15) is 0 Å². The van der Waals surface area contributed by atoms with Crippen LogP contribution in [-0.2, 0) is 22.4 Å². The van der Waals surface area contributed by atoms with E-state index in [0.717, 1.165) is 12.0 Å². The molecule has 0 aliphatic rings. The molecule has 1 N–H and O–H groups in total. The van der Waals surface area contributed by atoms with Crippen LogP contribution in [0.4, 0.5) is 0 Å². The number of rotatable bonds is 6. The van der Waals surface area contributed by atoms with Crippen molar-refractivity contribution in [2.45, 2.75) is 33.0 Å². The number of aryl methyl sites for hydroxylation is 1. The number of carbonyl (C=O) groups excluding carboxylic acids is 1. The number of hydrogen-bond acceptors (Lipinski definition) is 3. The highest BCUT2D eigenvalue weighted by molar-refractivity contribution is 5.83. The van der Waals surface area contributed by atoms with Crippen LogP contribution in [0.25, 0.3) is 0 Å². The van der Waals surface area contributed by atoms with Crippen molar-refractivity contribution in [1.82, 2.24) is 0 Å². The summed E-state index contributed by atoms with van der Waals surface area (Å²) >= 11 is 0. The van der Waals surface area contributed by atoms with Crippen molar-refractivity contribution >= 4 is 5.78 Å². The molecule has 1 aromatic rings. The Morgan fingerprint density at radius 3 is 2.31 bits per heavy atom. The lowest BCUT2D eigenvalue weighted by molar-refractivity contribution is -0.154. The van der Waals surface area contributed by atoms with E-state index >= 15 is 0 Å². The lowest BCUT2D eigenvalue weighted by Gasteiger charge is -2.09. The normalized spacial score (nSPS) is 12.4. The van der Waals surface area contributed by atoms with E-state index < -0.39 is 6.29 Å². The minimum atomic E-state index is -1.30. The fourth-order valence-electron chi connectivity index (χ4n) is 1.43. The number of ketones is 1. The fourth-order valence-corrected chi connectivity index (χ4v) is 1.43. The summed E-state index contributed by atoms with van der Waals surface area (Å²) in [5, 5.41) is 9.31. The highest BCUT2D eigenvalue weighted by Crippen LogP contribution is 2.07. The van der Waals surface area contributed by atoms with Gasteiger partial charge >= 0.3 is 0 Å². The van der Waals surface area contributed by atoms with Gasteiger partial charge in [0.1, 0.15) is 0 Å². The molecule has 0 saturated heterocycles. The molecule has 0 aliphatic carbocycles. The van der Waals surface area contributed by atoms with Crippen LogP contribution in [0.3, 0.4) is 0 Å².